The number of nitro benzene ring substituents is 1. The Morgan fingerprint density at radius 2 is 1.84 bits per heavy atom. The van der Waals surface area contributed by atoms with Gasteiger partial charge in [0, 0.05) is 41.8 Å². The highest BCUT2D eigenvalue weighted by Gasteiger charge is 2.36. The van der Waals surface area contributed by atoms with E-state index in [2.05, 4.69) is 10.4 Å². The van der Waals surface area contributed by atoms with Crippen molar-refractivity contribution in [3.8, 4) is 5.75 Å². The zero-order valence-corrected chi connectivity index (χ0v) is 21.2. The van der Waals surface area contributed by atoms with Crippen LogP contribution < -0.4 is 10.1 Å². The Morgan fingerprint density at radius 1 is 1.11 bits per heavy atom. The number of carbonyl (C=O) groups excluding carboxylic acids is 3. The summed E-state index contributed by atoms with van der Waals surface area (Å²) in [6.45, 7) is 4.23. The highest BCUT2D eigenvalue weighted by Crippen LogP contribution is 2.39. The van der Waals surface area contributed by atoms with Crippen molar-refractivity contribution in [1.82, 2.24) is 5.01 Å². The Labute approximate surface area is 221 Å². The predicted octanol–water partition coefficient (Wildman–Crippen LogP) is 4.97. The minimum atomic E-state index is -1.08. The first kappa shape index (κ1) is 26.3. The maximum atomic E-state index is 12.7. The average Bonchev–Trinajstić information content (AvgIpc) is 3.30. The Balaban J connectivity index is 1.68. The van der Waals surface area contributed by atoms with Crippen LogP contribution in [0.3, 0.4) is 0 Å². The quantitative estimate of drug-likeness (QED) is 0.203. The first-order valence-corrected chi connectivity index (χ1v) is 11.6. The van der Waals surface area contributed by atoms with Crippen molar-refractivity contribution in [1.29, 1.82) is 0 Å². The van der Waals surface area contributed by atoms with Gasteiger partial charge in [-0.25, -0.2) is 0 Å². The molecule has 1 aliphatic rings. The normalized spacial score (nSPS) is 14.4. The number of carbonyl (C=O) groups is 3. The van der Waals surface area contributed by atoms with E-state index in [0.29, 0.717) is 16.8 Å². The van der Waals surface area contributed by atoms with E-state index < -0.39 is 34.5 Å². The van der Waals surface area contributed by atoms with Gasteiger partial charge in [0.1, 0.15) is 0 Å². The summed E-state index contributed by atoms with van der Waals surface area (Å²) in [5.41, 5.74) is 1.64. The van der Waals surface area contributed by atoms with E-state index in [9.17, 15) is 24.5 Å². The van der Waals surface area contributed by atoms with E-state index in [1.807, 2.05) is 13.0 Å². The maximum Gasteiger partial charge on any atom is 0.314 e. The first-order valence-electron chi connectivity index (χ1n) is 11.2. The van der Waals surface area contributed by atoms with Gasteiger partial charge in [-0.1, -0.05) is 41.4 Å². The molecule has 12 heteroatoms. The second kappa shape index (κ2) is 10.7. The number of hydrogen-bond acceptors (Lipinski definition) is 8. The molecular weight excluding hydrogens is 516 g/mol. The lowest BCUT2D eigenvalue weighted by Crippen LogP contribution is -2.25. The molecular formula is C26H21ClN4O7. The molecule has 2 amide bonds. The minimum absolute atomic E-state index is 0.0346. The van der Waals surface area contributed by atoms with Gasteiger partial charge >= 0.3 is 11.7 Å². The average molecular weight is 537 g/mol. The molecule has 0 fully saturated rings. The van der Waals surface area contributed by atoms with Crippen molar-refractivity contribution in [2.24, 2.45) is 5.10 Å². The molecule has 0 aromatic heterocycles. The van der Waals surface area contributed by atoms with Gasteiger partial charge in [-0.15, -0.1) is 5.10 Å². The van der Waals surface area contributed by atoms with Crippen molar-refractivity contribution < 1.29 is 28.8 Å². The molecule has 194 valence electrons. The molecule has 0 spiro atoms. The van der Waals surface area contributed by atoms with Crippen molar-refractivity contribution in [3.05, 3.63) is 98.1 Å². The van der Waals surface area contributed by atoms with E-state index in [1.54, 1.807) is 42.5 Å². The van der Waals surface area contributed by atoms with Crippen LogP contribution in [0, 0.1) is 17.0 Å². The van der Waals surface area contributed by atoms with Gasteiger partial charge in [-0.05, 0) is 37.3 Å². The van der Waals surface area contributed by atoms with Gasteiger partial charge in [-0.2, -0.15) is 5.01 Å². The van der Waals surface area contributed by atoms with Crippen LogP contribution in [0.2, 0.25) is 5.02 Å². The van der Waals surface area contributed by atoms with E-state index >= 15 is 0 Å². The minimum Gasteiger partial charge on any atom is -0.446 e. The molecule has 3 aromatic rings. The lowest BCUT2D eigenvalue weighted by molar-refractivity contribution is -0.385. The molecule has 1 aliphatic heterocycles. The van der Waals surface area contributed by atoms with Crippen LogP contribution in [0.5, 0.6) is 5.75 Å². The zero-order valence-electron chi connectivity index (χ0n) is 20.4. The number of aryl methyl sites for hydroxylation is 1. The Hall–Kier alpha value is -4.77. The molecule has 3 aromatic carbocycles. The fraction of sp³-hybridized carbons (Fsp3) is 0.154. The summed E-state index contributed by atoms with van der Waals surface area (Å²) >= 11 is 6.09. The monoisotopic (exact) mass is 536 g/mol. The Morgan fingerprint density at radius 3 is 2.50 bits per heavy atom. The van der Waals surface area contributed by atoms with Gasteiger partial charge < -0.3 is 14.8 Å². The molecule has 4 rings (SSSR count). The van der Waals surface area contributed by atoms with Gasteiger partial charge in [-0.3, -0.25) is 24.5 Å². The van der Waals surface area contributed by atoms with E-state index in [1.165, 1.54) is 13.0 Å². The highest BCUT2D eigenvalue weighted by molar-refractivity contribution is 6.31. The first-order chi connectivity index (χ1) is 18.0. The molecule has 0 aliphatic carbocycles. The Bertz CT molecular complexity index is 1500. The molecule has 0 saturated carbocycles. The van der Waals surface area contributed by atoms with E-state index in [4.69, 9.17) is 21.1 Å². The van der Waals surface area contributed by atoms with Crippen molar-refractivity contribution in [2.75, 3.05) is 5.32 Å². The second-order valence-electron chi connectivity index (χ2n) is 8.34. The number of nitro groups is 1. The van der Waals surface area contributed by atoms with Gasteiger partial charge in [0.05, 0.1) is 10.5 Å². The summed E-state index contributed by atoms with van der Waals surface area (Å²) in [5.74, 6) is -2.27. The summed E-state index contributed by atoms with van der Waals surface area (Å²) < 4.78 is 11.1. The number of nitrogens with zero attached hydrogens (tertiary/aromatic N) is 3. The molecule has 38 heavy (non-hydrogen) atoms. The third-order valence-corrected chi connectivity index (χ3v) is 5.60. The van der Waals surface area contributed by atoms with E-state index in [-0.39, 0.29) is 22.4 Å². The largest absolute Gasteiger partial charge is 0.446 e. The number of anilines is 1. The molecule has 0 bridgehead atoms. The number of nitrogens with one attached hydrogen (secondary N) is 1. The highest BCUT2D eigenvalue weighted by atomic mass is 35.5. The molecule has 1 unspecified atom stereocenters. The fourth-order valence-corrected chi connectivity index (χ4v) is 3.99. The summed E-state index contributed by atoms with van der Waals surface area (Å²) in [6, 6.07) is 16.0. The topological polar surface area (TPSA) is 140 Å². The number of halogens is 1. The molecule has 1 heterocycles. The number of ether oxygens (including phenoxy) is 2. The van der Waals surface area contributed by atoms with E-state index in [0.717, 1.165) is 23.6 Å². The van der Waals surface area contributed by atoms with Crippen molar-refractivity contribution in [2.45, 2.75) is 27.0 Å². The van der Waals surface area contributed by atoms with Crippen LogP contribution in [-0.4, -0.2) is 33.6 Å². The van der Waals surface area contributed by atoms with Crippen LogP contribution in [0.1, 0.15) is 47.1 Å². The fourth-order valence-electron chi connectivity index (χ4n) is 3.78. The number of amides is 2. The lowest BCUT2D eigenvalue weighted by Gasteiger charge is -2.20. The molecule has 1 atom stereocenters. The molecule has 1 N–H and O–H groups in total. The standard InChI is InChI=1S/C26H21ClN4O7/c1-14-6-4-7-17(10-14)24(34)28-20-9-5-8-18(11-20)26-30(15(2)32)29-25(38-26)21-12-19(27)13-22(31(35)36)23(21)37-16(3)33/h4-13,26H,1-3H3,(H,28,34). The number of esters is 1. The third kappa shape index (κ3) is 5.62. The van der Waals surface area contributed by atoms with Crippen LogP contribution in [0.25, 0.3) is 0 Å². The number of rotatable bonds is 6. The zero-order chi connectivity index (χ0) is 27.6. The lowest BCUT2D eigenvalue weighted by atomic mass is 10.1. The second-order valence-corrected chi connectivity index (χ2v) is 8.78. The van der Waals surface area contributed by atoms with Crippen LogP contribution >= 0.6 is 11.6 Å². The molecule has 11 nitrogen and oxygen atoms in total. The Kier molecular flexibility index (Phi) is 7.40. The smallest absolute Gasteiger partial charge is 0.314 e. The summed E-state index contributed by atoms with van der Waals surface area (Å²) in [7, 11) is 0. The number of benzene rings is 3. The number of hydrogen-bond donors (Lipinski definition) is 1. The maximum absolute atomic E-state index is 12.7. The summed E-state index contributed by atoms with van der Waals surface area (Å²) in [5, 5.41) is 19.6. The van der Waals surface area contributed by atoms with Crippen LogP contribution in [0.15, 0.2) is 65.8 Å². The summed E-state index contributed by atoms with van der Waals surface area (Å²) in [6.07, 6.45) is -1.08. The van der Waals surface area contributed by atoms with Gasteiger partial charge in [0.15, 0.2) is 0 Å². The van der Waals surface area contributed by atoms with Crippen molar-refractivity contribution in [3.63, 3.8) is 0 Å². The molecule has 0 radical (unpaired) electrons. The third-order valence-electron chi connectivity index (χ3n) is 5.38. The van der Waals surface area contributed by atoms with Crippen LogP contribution in [0.4, 0.5) is 11.4 Å². The molecule has 0 saturated heterocycles. The predicted molar refractivity (Wildman–Crippen MR) is 138 cm³/mol. The summed E-state index contributed by atoms with van der Waals surface area (Å²) in [4.78, 5) is 47.7. The van der Waals surface area contributed by atoms with Gasteiger partial charge in [0.25, 0.3) is 5.91 Å². The van der Waals surface area contributed by atoms with Crippen molar-refractivity contribution >= 4 is 46.7 Å². The number of hydrazone groups is 1. The van der Waals surface area contributed by atoms with Gasteiger partial charge in [0.2, 0.25) is 23.8 Å². The van der Waals surface area contributed by atoms with Crippen LogP contribution in [-0.2, 0) is 14.3 Å². The SMILES string of the molecule is CC(=O)Oc1c(C2=NN(C(C)=O)C(c3cccc(NC(=O)c4cccc(C)c4)c3)O2)cc(Cl)cc1[N+](=O)[O-].